The number of hydrogen-bond donors (Lipinski definition) is 2. The van der Waals surface area contributed by atoms with E-state index in [0.29, 0.717) is 10.6 Å². The highest BCUT2D eigenvalue weighted by Gasteiger charge is 2.07. The summed E-state index contributed by atoms with van der Waals surface area (Å²) >= 11 is 5.90. The lowest BCUT2D eigenvalue weighted by Gasteiger charge is -2.08. The van der Waals surface area contributed by atoms with Crippen molar-refractivity contribution in [3.8, 4) is 22.6 Å². The minimum atomic E-state index is 0.112. The van der Waals surface area contributed by atoms with Gasteiger partial charge in [-0.05, 0) is 42.3 Å². The number of halogens is 1. The molecule has 0 bridgehead atoms. The minimum Gasteiger partial charge on any atom is -0.508 e. The van der Waals surface area contributed by atoms with Crippen molar-refractivity contribution in [2.45, 2.75) is 6.92 Å². The van der Waals surface area contributed by atoms with Gasteiger partial charge in [-0.25, -0.2) is 0 Å². The molecule has 0 aromatic heterocycles. The first-order chi connectivity index (χ1) is 7.58. The van der Waals surface area contributed by atoms with Crippen LogP contribution in [0.4, 0.5) is 0 Å². The van der Waals surface area contributed by atoms with E-state index in [1.165, 1.54) is 6.07 Å². The summed E-state index contributed by atoms with van der Waals surface area (Å²) in [5.41, 5.74) is 2.31. The van der Waals surface area contributed by atoms with Crippen LogP contribution in [0, 0.1) is 6.92 Å². The van der Waals surface area contributed by atoms with Crippen molar-refractivity contribution >= 4 is 11.6 Å². The van der Waals surface area contributed by atoms with Crippen molar-refractivity contribution in [2.75, 3.05) is 0 Å². The summed E-state index contributed by atoms with van der Waals surface area (Å²) in [5, 5.41) is 19.7. The van der Waals surface area contributed by atoms with E-state index in [0.717, 1.165) is 11.1 Å². The Kier molecular flexibility index (Phi) is 2.75. The smallest absolute Gasteiger partial charge is 0.124 e. The second-order valence-corrected chi connectivity index (χ2v) is 4.08. The van der Waals surface area contributed by atoms with Crippen LogP contribution in [0.3, 0.4) is 0 Å². The lowest BCUT2D eigenvalue weighted by Crippen LogP contribution is -1.82. The van der Waals surface area contributed by atoms with Gasteiger partial charge < -0.3 is 10.2 Å². The van der Waals surface area contributed by atoms with Gasteiger partial charge in [-0.3, -0.25) is 0 Å². The Morgan fingerprint density at radius 2 is 1.81 bits per heavy atom. The fourth-order valence-electron chi connectivity index (χ4n) is 1.58. The Morgan fingerprint density at radius 3 is 2.50 bits per heavy atom. The molecule has 0 unspecified atom stereocenters. The average molecular weight is 235 g/mol. The van der Waals surface area contributed by atoms with Crippen molar-refractivity contribution < 1.29 is 10.2 Å². The zero-order chi connectivity index (χ0) is 11.7. The molecule has 0 aliphatic heterocycles. The highest BCUT2D eigenvalue weighted by Crippen LogP contribution is 2.34. The first kappa shape index (κ1) is 10.8. The molecule has 0 saturated carbocycles. The summed E-state index contributed by atoms with van der Waals surface area (Å²) in [6.45, 7) is 1.87. The van der Waals surface area contributed by atoms with E-state index in [4.69, 9.17) is 11.6 Å². The maximum atomic E-state index is 9.79. The van der Waals surface area contributed by atoms with E-state index in [-0.39, 0.29) is 11.5 Å². The summed E-state index contributed by atoms with van der Waals surface area (Å²) in [4.78, 5) is 0. The molecular weight excluding hydrogens is 224 g/mol. The molecule has 2 aromatic carbocycles. The molecule has 3 heteroatoms. The number of benzene rings is 2. The molecule has 2 N–H and O–H groups in total. The maximum absolute atomic E-state index is 9.79. The van der Waals surface area contributed by atoms with Crippen LogP contribution in [-0.2, 0) is 0 Å². The van der Waals surface area contributed by atoms with Gasteiger partial charge in [0.25, 0.3) is 0 Å². The summed E-state index contributed by atoms with van der Waals surface area (Å²) in [6, 6.07) is 10.0. The molecule has 2 aromatic rings. The van der Waals surface area contributed by atoms with Crippen LogP contribution >= 0.6 is 11.6 Å². The molecule has 0 amide bonds. The van der Waals surface area contributed by atoms with Crippen LogP contribution in [0.2, 0.25) is 5.02 Å². The Morgan fingerprint density at radius 1 is 1.06 bits per heavy atom. The van der Waals surface area contributed by atoms with Crippen molar-refractivity contribution in [1.29, 1.82) is 0 Å². The summed E-state index contributed by atoms with van der Waals surface area (Å²) in [6.07, 6.45) is 0. The molecule has 0 saturated heterocycles. The van der Waals surface area contributed by atoms with Crippen LogP contribution in [-0.4, -0.2) is 10.2 Å². The second kappa shape index (κ2) is 4.06. The molecular formula is C13H11ClO2. The van der Waals surface area contributed by atoms with Gasteiger partial charge in [0.2, 0.25) is 0 Å². The van der Waals surface area contributed by atoms with Crippen LogP contribution in [0.15, 0.2) is 36.4 Å². The van der Waals surface area contributed by atoms with Crippen LogP contribution in [0.5, 0.6) is 11.5 Å². The first-order valence-electron chi connectivity index (χ1n) is 4.86. The van der Waals surface area contributed by atoms with Crippen molar-refractivity contribution in [1.82, 2.24) is 0 Å². The number of hydrogen-bond acceptors (Lipinski definition) is 2. The van der Waals surface area contributed by atoms with Gasteiger partial charge in [-0.1, -0.05) is 23.7 Å². The van der Waals surface area contributed by atoms with E-state index in [1.807, 2.05) is 13.0 Å². The standard InChI is InChI=1S/C13H11ClO2/c1-8-5-11(13(16)7-12(8)14)9-3-2-4-10(15)6-9/h2-7,15-16H,1H3. The van der Waals surface area contributed by atoms with Crippen molar-refractivity contribution in [2.24, 2.45) is 0 Å². The molecule has 0 heterocycles. The Balaban J connectivity index is 2.60. The summed E-state index contributed by atoms with van der Waals surface area (Å²) in [5.74, 6) is 0.283. The Hall–Kier alpha value is -1.67. The quantitative estimate of drug-likeness (QED) is 0.789. The highest BCUT2D eigenvalue weighted by molar-refractivity contribution is 6.31. The number of rotatable bonds is 1. The van der Waals surface area contributed by atoms with E-state index in [1.54, 1.807) is 24.3 Å². The SMILES string of the molecule is Cc1cc(-c2cccc(O)c2)c(O)cc1Cl. The van der Waals surface area contributed by atoms with Crippen LogP contribution < -0.4 is 0 Å². The summed E-state index contributed by atoms with van der Waals surface area (Å²) < 4.78 is 0. The first-order valence-corrected chi connectivity index (χ1v) is 5.24. The zero-order valence-corrected chi connectivity index (χ0v) is 9.49. The molecule has 0 fully saturated rings. The Bertz CT molecular complexity index is 535. The molecule has 0 aliphatic carbocycles. The van der Waals surface area contributed by atoms with Gasteiger partial charge >= 0.3 is 0 Å². The van der Waals surface area contributed by atoms with Gasteiger partial charge in [0.05, 0.1) is 0 Å². The molecule has 16 heavy (non-hydrogen) atoms. The number of aryl methyl sites for hydroxylation is 1. The normalized spacial score (nSPS) is 10.4. The third kappa shape index (κ3) is 1.97. The lowest BCUT2D eigenvalue weighted by molar-refractivity contribution is 0.474. The third-order valence-corrected chi connectivity index (χ3v) is 2.84. The van der Waals surface area contributed by atoms with Crippen LogP contribution in [0.1, 0.15) is 5.56 Å². The number of phenols is 2. The molecule has 0 atom stereocenters. The van der Waals surface area contributed by atoms with Gasteiger partial charge in [0.1, 0.15) is 11.5 Å². The average Bonchev–Trinajstić information content (AvgIpc) is 2.23. The summed E-state index contributed by atoms with van der Waals surface area (Å²) in [7, 11) is 0. The fraction of sp³-hybridized carbons (Fsp3) is 0.0769. The van der Waals surface area contributed by atoms with Gasteiger partial charge in [-0.15, -0.1) is 0 Å². The minimum absolute atomic E-state index is 0.112. The molecule has 2 nitrogen and oxygen atoms in total. The fourth-order valence-corrected chi connectivity index (χ4v) is 1.73. The monoisotopic (exact) mass is 234 g/mol. The molecule has 0 spiro atoms. The topological polar surface area (TPSA) is 40.5 Å². The molecule has 82 valence electrons. The van der Waals surface area contributed by atoms with Crippen molar-refractivity contribution in [3.63, 3.8) is 0 Å². The maximum Gasteiger partial charge on any atom is 0.124 e. The second-order valence-electron chi connectivity index (χ2n) is 3.67. The van der Waals surface area contributed by atoms with E-state index < -0.39 is 0 Å². The predicted molar refractivity (Wildman–Crippen MR) is 65.0 cm³/mol. The lowest BCUT2D eigenvalue weighted by atomic mass is 10.0. The van der Waals surface area contributed by atoms with Gasteiger partial charge in [0, 0.05) is 10.6 Å². The predicted octanol–water partition coefficient (Wildman–Crippen LogP) is 3.73. The van der Waals surface area contributed by atoms with Crippen LogP contribution in [0.25, 0.3) is 11.1 Å². The van der Waals surface area contributed by atoms with Crippen molar-refractivity contribution in [3.05, 3.63) is 47.0 Å². The zero-order valence-electron chi connectivity index (χ0n) is 8.74. The Labute approximate surface area is 98.7 Å². The molecule has 2 rings (SSSR count). The van der Waals surface area contributed by atoms with E-state index in [2.05, 4.69) is 0 Å². The highest BCUT2D eigenvalue weighted by atomic mass is 35.5. The van der Waals surface area contributed by atoms with Gasteiger partial charge in [0.15, 0.2) is 0 Å². The van der Waals surface area contributed by atoms with E-state index in [9.17, 15) is 10.2 Å². The number of aromatic hydroxyl groups is 2. The van der Waals surface area contributed by atoms with Gasteiger partial charge in [-0.2, -0.15) is 0 Å². The molecule has 0 aliphatic rings. The number of phenolic OH excluding ortho intramolecular Hbond substituents is 2. The largest absolute Gasteiger partial charge is 0.508 e. The van der Waals surface area contributed by atoms with E-state index >= 15 is 0 Å². The third-order valence-electron chi connectivity index (χ3n) is 2.43. The molecule has 0 radical (unpaired) electrons.